The van der Waals surface area contributed by atoms with Crippen LogP contribution in [0.3, 0.4) is 0 Å². The SMILES string of the molecule is COC1(c2nc(-c3ncn4c3c(=O)n(C3(C)CCCO3)c3cc(F)ccc34)no2)CC1. The lowest BCUT2D eigenvalue weighted by atomic mass is 10.1. The molecule has 1 aliphatic heterocycles. The van der Waals surface area contributed by atoms with Crippen LogP contribution in [0.4, 0.5) is 4.39 Å². The zero-order valence-corrected chi connectivity index (χ0v) is 17.1. The molecule has 0 spiro atoms. The van der Waals surface area contributed by atoms with Gasteiger partial charge < -0.3 is 14.0 Å². The van der Waals surface area contributed by atoms with Crippen LogP contribution in [-0.2, 0) is 20.8 Å². The van der Waals surface area contributed by atoms with Gasteiger partial charge in [-0.3, -0.25) is 13.8 Å². The minimum absolute atomic E-state index is 0.212. The first kappa shape index (κ1) is 18.6. The lowest BCUT2D eigenvalue weighted by molar-refractivity contribution is -0.0447. The number of fused-ring (bicyclic) bond motifs is 3. The van der Waals surface area contributed by atoms with Gasteiger partial charge in [0.25, 0.3) is 11.4 Å². The summed E-state index contributed by atoms with van der Waals surface area (Å²) >= 11 is 0. The maximum Gasteiger partial charge on any atom is 0.280 e. The molecule has 1 atom stereocenters. The number of rotatable bonds is 4. The molecular weight excluding hydrogens is 405 g/mol. The van der Waals surface area contributed by atoms with Crippen LogP contribution in [0.15, 0.2) is 33.8 Å². The molecule has 1 saturated heterocycles. The Kier molecular flexibility index (Phi) is 3.73. The standard InChI is InChI=1S/C21H20FN5O4/c1-20(6-3-9-30-20)27-14-10-12(22)4-5-13(14)26-11-23-15(16(26)18(27)28)17-24-19(31-25-17)21(29-2)7-8-21/h4-5,10-11H,3,6-9H2,1-2H3. The minimum Gasteiger partial charge on any atom is -0.368 e. The Bertz CT molecular complexity index is 1390. The van der Waals surface area contributed by atoms with Crippen molar-refractivity contribution >= 4 is 16.6 Å². The summed E-state index contributed by atoms with van der Waals surface area (Å²) in [5, 5.41) is 4.06. The zero-order valence-electron chi connectivity index (χ0n) is 17.1. The number of hydrogen-bond acceptors (Lipinski definition) is 7. The van der Waals surface area contributed by atoms with E-state index in [-0.39, 0.29) is 16.9 Å². The number of ether oxygens (including phenoxy) is 2. The molecule has 31 heavy (non-hydrogen) atoms. The Morgan fingerprint density at radius 1 is 1.23 bits per heavy atom. The summed E-state index contributed by atoms with van der Waals surface area (Å²) in [5.41, 5.74) is -0.130. The van der Waals surface area contributed by atoms with Crippen molar-refractivity contribution in [1.29, 1.82) is 0 Å². The number of halogens is 1. The van der Waals surface area contributed by atoms with E-state index in [2.05, 4.69) is 15.1 Å². The largest absolute Gasteiger partial charge is 0.368 e. The second-order valence-corrected chi connectivity index (χ2v) is 8.33. The van der Waals surface area contributed by atoms with E-state index in [1.165, 1.54) is 23.0 Å². The summed E-state index contributed by atoms with van der Waals surface area (Å²) in [6.07, 6.45) is 4.57. The molecule has 0 N–H and O–H groups in total. The first-order chi connectivity index (χ1) is 15.0. The molecule has 6 rings (SSSR count). The van der Waals surface area contributed by atoms with Gasteiger partial charge in [-0.05, 0) is 50.8 Å². The molecule has 1 aromatic carbocycles. The minimum atomic E-state index is -0.886. The van der Waals surface area contributed by atoms with E-state index in [4.69, 9.17) is 14.0 Å². The van der Waals surface area contributed by atoms with E-state index in [1.807, 2.05) is 6.92 Å². The molecule has 1 unspecified atom stereocenters. The Labute approximate surface area is 175 Å². The van der Waals surface area contributed by atoms with E-state index in [1.54, 1.807) is 17.6 Å². The first-order valence-electron chi connectivity index (χ1n) is 10.2. The molecule has 4 aromatic rings. The number of hydrogen-bond donors (Lipinski definition) is 0. The van der Waals surface area contributed by atoms with Gasteiger partial charge in [0, 0.05) is 13.7 Å². The third-order valence-corrected chi connectivity index (χ3v) is 6.40. The average molecular weight is 425 g/mol. The van der Waals surface area contributed by atoms with Gasteiger partial charge in [-0.15, -0.1) is 0 Å². The molecule has 0 bridgehead atoms. The number of imidazole rings is 1. The Morgan fingerprint density at radius 2 is 2.06 bits per heavy atom. The van der Waals surface area contributed by atoms with E-state index >= 15 is 0 Å². The van der Waals surface area contributed by atoms with Crippen molar-refractivity contribution in [2.75, 3.05) is 13.7 Å². The number of nitrogens with zero attached hydrogens (tertiary/aromatic N) is 5. The highest BCUT2D eigenvalue weighted by Crippen LogP contribution is 2.48. The predicted molar refractivity (Wildman–Crippen MR) is 107 cm³/mol. The van der Waals surface area contributed by atoms with Crippen LogP contribution in [0.1, 0.15) is 38.5 Å². The summed E-state index contributed by atoms with van der Waals surface area (Å²) in [7, 11) is 1.61. The lowest BCUT2D eigenvalue weighted by Crippen LogP contribution is -2.39. The maximum atomic E-state index is 14.2. The van der Waals surface area contributed by atoms with E-state index in [0.717, 1.165) is 19.3 Å². The third kappa shape index (κ3) is 2.55. The number of aromatic nitrogens is 5. The summed E-state index contributed by atoms with van der Waals surface area (Å²) in [6.45, 7) is 2.38. The van der Waals surface area contributed by atoms with Crippen molar-refractivity contribution in [1.82, 2.24) is 24.1 Å². The van der Waals surface area contributed by atoms with Crippen molar-refractivity contribution in [2.24, 2.45) is 0 Å². The normalized spacial score (nSPS) is 22.5. The highest BCUT2D eigenvalue weighted by Gasteiger charge is 2.50. The van der Waals surface area contributed by atoms with Gasteiger partial charge in [0.15, 0.2) is 0 Å². The van der Waals surface area contributed by atoms with Crippen LogP contribution in [0, 0.1) is 5.82 Å². The van der Waals surface area contributed by atoms with Crippen LogP contribution in [0.2, 0.25) is 0 Å². The molecule has 1 aliphatic carbocycles. The molecule has 9 nitrogen and oxygen atoms in total. The molecule has 160 valence electrons. The van der Waals surface area contributed by atoms with Crippen LogP contribution < -0.4 is 5.56 Å². The van der Waals surface area contributed by atoms with Crippen molar-refractivity contribution in [3.05, 3.63) is 46.6 Å². The molecule has 3 aromatic heterocycles. The third-order valence-electron chi connectivity index (χ3n) is 6.40. The number of benzene rings is 1. The molecule has 4 heterocycles. The van der Waals surface area contributed by atoms with Gasteiger partial charge in [0.05, 0.1) is 11.0 Å². The predicted octanol–water partition coefficient (Wildman–Crippen LogP) is 2.96. The van der Waals surface area contributed by atoms with Crippen LogP contribution in [-0.4, -0.2) is 37.8 Å². The lowest BCUT2D eigenvalue weighted by Gasteiger charge is -2.28. The quantitative estimate of drug-likeness (QED) is 0.496. The molecule has 2 aliphatic rings. The summed E-state index contributed by atoms with van der Waals surface area (Å²) in [5.74, 6) is 0.155. The van der Waals surface area contributed by atoms with Gasteiger partial charge in [0.1, 0.15) is 34.7 Å². The average Bonchev–Trinajstić information content (AvgIpc) is 3.12. The fourth-order valence-corrected chi connectivity index (χ4v) is 4.53. The second-order valence-electron chi connectivity index (χ2n) is 8.33. The highest BCUT2D eigenvalue weighted by atomic mass is 19.1. The van der Waals surface area contributed by atoms with Gasteiger partial charge in [0.2, 0.25) is 5.82 Å². The second kappa shape index (κ2) is 6.21. The van der Waals surface area contributed by atoms with Gasteiger partial charge >= 0.3 is 0 Å². The molecule has 0 radical (unpaired) electrons. The van der Waals surface area contributed by atoms with Crippen molar-refractivity contribution in [3.63, 3.8) is 0 Å². The summed E-state index contributed by atoms with van der Waals surface area (Å²) < 4.78 is 34.2. The topological polar surface area (TPSA) is 96.7 Å². The molecular formula is C21H20FN5O4. The molecule has 2 fully saturated rings. The Hall–Kier alpha value is -3.11. The smallest absolute Gasteiger partial charge is 0.280 e. The van der Waals surface area contributed by atoms with Gasteiger partial charge in [-0.25, -0.2) is 9.37 Å². The van der Waals surface area contributed by atoms with Gasteiger partial charge in [-0.1, -0.05) is 5.16 Å². The fourth-order valence-electron chi connectivity index (χ4n) is 4.53. The summed E-state index contributed by atoms with van der Waals surface area (Å²) in [4.78, 5) is 22.7. The number of methoxy groups -OCH3 is 1. The van der Waals surface area contributed by atoms with Crippen molar-refractivity contribution in [3.8, 4) is 11.5 Å². The maximum absolute atomic E-state index is 14.2. The van der Waals surface area contributed by atoms with Gasteiger partial charge in [-0.2, -0.15) is 4.98 Å². The van der Waals surface area contributed by atoms with Crippen LogP contribution in [0.25, 0.3) is 28.1 Å². The molecule has 0 amide bonds. The van der Waals surface area contributed by atoms with Crippen LogP contribution in [0.5, 0.6) is 0 Å². The Balaban J connectivity index is 1.64. The van der Waals surface area contributed by atoms with E-state index < -0.39 is 17.1 Å². The first-order valence-corrected chi connectivity index (χ1v) is 10.2. The molecule has 1 saturated carbocycles. The van der Waals surface area contributed by atoms with Crippen molar-refractivity contribution < 1.29 is 18.4 Å². The van der Waals surface area contributed by atoms with E-state index in [0.29, 0.717) is 35.6 Å². The van der Waals surface area contributed by atoms with E-state index in [9.17, 15) is 9.18 Å². The molecule has 10 heteroatoms. The summed E-state index contributed by atoms with van der Waals surface area (Å²) in [6, 6.07) is 4.34. The highest BCUT2D eigenvalue weighted by molar-refractivity contribution is 5.83. The Morgan fingerprint density at radius 3 is 2.77 bits per heavy atom. The van der Waals surface area contributed by atoms with Crippen molar-refractivity contribution in [2.45, 2.75) is 43.9 Å². The fraction of sp³-hybridized carbons (Fsp3) is 0.429. The zero-order chi connectivity index (χ0) is 21.4. The van der Waals surface area contributed by atoms with Crippen LogP contribution >= 0.6 is 0 Å². The monoisotopic (exact) mass is 425 g/mol.